The number of rotatable bonds is 2. The lowest BCUT2D eigenvalue weighted by atomic mass is 10.0. The molecule has 100 valence electrons. The fraction of sp³-hybridized carbons (Fsp3) is 0.118. The molecule has 0 aromatic heterocycles. The van der Waals surface area contributed by atoms with Crippen LogP contribution >= 0.6 is 11.6 Å². The monoisotopic (exact) mass is 284 g/mol. The first-order chi connectivity index (χ1) is 9.59. The van der Waals surface area contributed by atoms with Crippen LogP contribution < -0.4 is 0 Å². The summed E-state index contributed by atoms with van der Waals surface area (Å²) in [7, 11) is 0. The lowest BCUT2D eigenvalue weighted by molar-refractivity contribution is 0.108. The Bertz CT molecular complexity index is 693. The van der Waals surface area contributed by atoms with E-state index in [2.05, 4.69) is 11.8 Å². The van der Waals surface area contributed by atoms with E-state index in [9.17, 15) is 9.90 Å². The van der Waals surface area contributed by atoms with Crippen molar-refractivity contribution in [2.45, 2.75) is 13.0 Å². The van der Waals surface area contributed by atoms with E-state index in [0.717, 1.165) is 11.1 Å². The Morgan fingerprint density at radius 1 is 1.05 bits per heavy atom. The van der Waals surface area contributed by atoms with E-state index in [1.165, 1.54) is 0 Å². The van der Waals surface area contributed by atoms with E-state index >= 15 is 0 Å². The topological polar surface area (TPSA) is 37.3 Å². The molecule has 0 bridgehead atoms. The molecule has 0 fully saturated rings. The highest BCUT2D eigenvalue weighted by Crippen LogP contribution is 2.17. The van der Waals surface area contributed by atoms with Gasteiger partial charge < -0.3 is 5.11 Å². The molecule has 2 aromatic rings. The SMILES string of the molecule is CC(O)c1ccccc1C#Cc1ccccc1C(=O)Cl. The van der Waals surface area contributed by atoms with Gasteiger partial charge in [-0.05, 0) is 42.3 Å². The van der Waals surface area contributed by atoms with Gasteiger partial charge in [-0.1, -0.05) is 42.2 Å². The Morgan fingerprint density at radius 3 is 2.25 bits per heavy atom. The minimum Gasteiger partial charge on any atom is -0.389 e. The van der Waals surface area contributed by atoms with Gasteiger partial charge in [-0.3, -0.25) is 4.79 Å². The second kappa shape index (κ2) is 6.38. The van der Waals surface area contributed by atoms with Crippen LogP contribution in [-0.2, 0) is 0 Å². The van der Waals surface area contributed by atoms with Crippen molar-refractivity contribution in [2.75, 3.05) is 0 Å². The summed E-state index contributed by atoms with van der Waals surface area (Å²) in [5.74, 6) is 5.93. The van der Waals surface area contributed by atoms with E-state index in [4.69, 9.17) is 11.6 Å². The molecule has 0 spiro atoms. The van der Waals surface area contributed by atoms with Crippen LogP contribution in [0.15, 0.2) is 48.5 Å². The van der Waals surface area contributed by atoms with Gasteiger partial charge in [0.25, 0.3) is 5.24 Å². The molecule has 0 aliphatic carbocycles. The van der Waals surface area contributed by atoms with E-state index in [1.807, 2.05) is 24.3 Å². The Kier molecular flexibility index (Phi) is 4.57. The molecule has 2 nitrogen and oxygen atoms in total. The number of halogens is 1. The van der Waals surface area contributed by atoms with Crippen LogP contribution in [0.2, 0.25) is 0 Å². The first kappa shape index (κ1) is 14.3. The van der Waals surface area contributed by atoms with E-state index in [-0.39, 0.29) is 0 Å². The molecule has 0 amide bonds. The van der Waals surface area contributed by atoms with Gasteiger partial charge in [-0.25, -0.2) is 0 Å². The van der Waals surface area contributed by atoms with Crippen molar-refractivity contribution in [3.8, 4) is 11.8 Å². The van der Waals surface area contributed by atoms with Crippen molar-refractivity contribution >= 4 is 16.8 Å². The maximum atomic E-state index is 11.3. The van der Waals surface area contributed by atoms with Gasteiger partial charge in [0.15, 0.2) is 0 Å². The Morgan fingerprint density at radius 2 is 1.60 bits per heavy atom. The summed E-state index contributed by atoms with van der Waals surface area (Å²) in [6.45, 7) is 1.69. The highest BCUT2D eigenvalue weighted by Gasteiger charge is 2.07. The summed E-state index contributed by atoms with van der Waals surface area (Å²) in [5.41, 5.74) is 2.46. The number of hydrogen-bond donors (Lipinski definition) is 1. The fourth-order valence-corrected chi connectivity index (χ4v) is 2.04. The third-order valence-corrected chi connectivity index (χ3v) is 3.09. The molecule has 0 saturated carbocycles. The molecule has 20 heavy (non-hydrogen) atoms. The number of carbonyl (C=O) groups excluding carboxylic acids is 1. The van der Waals surface area contributed by atoms with Crippen LogP contribution in [-0.4, -0.2) is 10.3 Å². The Balaban J connectivity index is 2.45. The largest absolute Gasteiger partial charge is 0.389 e. The second-order valence-electron chi connectivity index (χ2n) is 4.33. The predicted octanol–water partition coefficient (Wildman–Crippen LogP) is 3.52. The first-order valence-electron chi connectivity index (χ1n) is 6.17. The molecule has 2 rings (SSSR count). The van der Waals surface area contributed by atoms with Gasteiger partial charge in [0.2, 0.25) is 0 Å². The van der Waals surface area contributed by atoms with Gasteiger partial charge in [0, 0.05) is 16.7 Å². The van der Waals surface area contributed by atoms with Crippen LogP contribution in [0.4, 0.5) is 0 Å². The Hall–Kier alpha value is -2.08. The predicted molar refractivity (Wildman–Crippen MR) is 79.7 cm³/mol. The average Bonchev–Trinajstić information content (AvgIpc) is 2.45. The third-order valence-electron chi connectivity index (χ3n) is 2.88. The summed E-state index contributed by atoms with van der Waals surface area (Å²) in [5, 5.41) is 9.17. The molecular formula is C17H13ClO2. The molecule has 0 aliphatic rings. The molecule has 0 heterocycles. The Labute approximate surface area is 123 Å². The molecule has 1 N–H and O–H groups in total. The quantitative estimate of drug-likeness (QED) is 0.677. The van der Waals surface area contributed by atoms with E-state index in [1.54, 1.807) is 31.2 Å². The maximum absolute atomic E-state index is 11.3. The highest BCUT2D eigenvalue weighted by molar-refractivity contribution is 6.68. The number of carbonyl (C=O) groups is 1. The first-order valence-corrected chi connectivity index (χ1v) is 6.55. The lowest BCUT2D eigenvalue weighted by Gasteiger charge is -2.06. The normalized spacial score (nSPS) is 11.3. The number of benzene rings is 2. The van der Waals surface area contributed by atoms with Crippen LogP contribution in [0, 0.1) is 11.8 Å². The zero-order valence-corrected chi connectivity index (χ0v) is 11.7. The molecule has 1 atom stereocenters. The van der Waals surface area contributed by atoms with Crippen molar-refractivity contribution < 1.29 is 9.90 Å². The van der Waals surface area contributed by atoms with Gasteiger partial charge in [0.1, 0.15) is 0 Å². The lowest BCUT2D eigenvalue weighted by Crippen LogP contribution is -1.96. The number of aliphatic hydroxyl groups is 1. The zero-order valence-electron chi connectivity index (χ0n) is 10.9. The summed E-state index contributed by atoms with van der Waals surface area (Å²) in [6, 6.07) is 14.3. The molecule has 0 aliphatic heterocycles. The standard InChI is InChI=1S/C17H13ClO2/c1-12(19)15-8-4-2-6-13(15)10-11-14-7-3-5-9-16(14)17(18)20/h2-9,12,19H,1H3. The number of aliphatic hydroxyl groups excluding tert-OH is 1. The fourth-order valence-electron chi connectivity index (χ4n) is 1.87. The summed E-state index contributed by atoms with van der Waals surface area (Å²) in [6.07, 6.45) is -0.592. The average molecular weight is 285 g/mol. The van der Waals surface area contributed by atoms with Crippen LogP contribution in [0.3, 0.4) is 0 Å². The molecule has 2 aromatic carbocycles. The van der Waals surface area contributed by atoms with Crippen molar-refractivity contribution in [3.63, 3.8) is 0 Å². The van der Waals surface area contributed by atoms with Crippen LogP contribution in [0.25, 0.3) is 0 Å². The summed E-state index contributed by atoms with van der Waals surface area (Å²) < 4.78 is 0. The van der Waals surface area contributed by atoms with E-state index in [0.29, 0.717) is 11.1 Å². The van der Waals surface area contributed by atoms with Crippen molar-refractivity contribution in [1.29, 1.82) is 0 Å². The van der Waals surface area contributed by atoms with Gasteiger partial charge in [-0.15, -0.1) is 0 Å². The van der Waals surface area contributed by atoms with Crippen LogP contribution in [0.5, 0.6) is 0 Å². The molecule has 3 heteroatoms. The van der Waals surface area contributed by atoms with Gasteiger partial charge >= 0.3 is 0 Å². The van der Waals surface area contributed by atoms with Crippen molar-refractivity contribution in [1.82, 2.24) is 0 Å². The van der Waals surface area contributed by atoms with E-state index < -0.39 is 11.3 Å². The van der Waals surface area contributed by atoms with Crippen molar-refractivity contribution in [2.24, 2.45) is 0 Å². The smallest absolute Gasteiger partial charge is 0.253 e. The number of hydrogen-bond acceptors (Lipinski definition) is 2. The minimum atomic E-state index is -0.592. The second-order valence-corrected chi connectivity index (χ2v) is 4.68. The molecule has 0 radical (unpaired) electrons. The molecule has 0 saturated heterocycles. The molecule has 1 unspecified atom stereocenters. The molecular weight excluding hydrogens is 272 g/mol. The van der Waals surface area contributed by atoms with Crippen molar-refractivity contribution in [3.05, 3.63) is 70.8 Å². The highest BCUT2D eigenvalue weighted by atomic mass is 35.5. The minimum absolute atomic E-state index is 0.385. The van der Waals surface area contributed by atoms with Gasteiger partial charge in [-0.2, -0.15) is 0 Å². The summed E-state index contributed by atoms with van der Waals surface area (Å²) in [4.78, 5) is 11.3. The zero-order chi connectivity index (χ0) is 14.5. The van der Waals surface area contributed by atoms with Gasteiger partial charge in [0.05, 0.1) is 6.10 Å². The van der Waals surface area contributed by atoms with Crippen LogP contribution in [0.1, 0.15) is 40.1 Å². The maximum Gasteiger partial charge on any atom is 0.253 e. The summed E-state index contributed by atoms with van der Waals surface area (Å²) >= 11 is 5.53. The third kappa shape index (κ3) is 3.27.